The van der Waals surface area contributed by atoms with Gasteiger partial charge in [0, 0.05) is 23.5 Å². The Morgan fingerprint density at radius 1 is 1.28 bits per heavy atom. The molecule has 0 atom stereocenters. The maximum Gasteiger partial charge on any atom is 0.246 e. The van der Waals surface area contributed by atoms with Gasteiger partial charge in [0.25, 0.3) is 0 Å². The first kappa shape index (κ1) is 19.3. The van der Waals surface area contributed by atoms with Crippen molar-refractivity contribution in [2.24, 2.45) is 0 Å². The summed E-state index contributed by atoms with van der Waals surface area (Å²) in [6.45, 7) is 11.0. The smallest absolute Gasteiger partial charge is 0.246 e. The highest BCUT2D eigenvalue weighted by Crippen LogP contribution is 2.33. The van der Waals surface area contributed by atoms with Gasteiger partial charge < -0.3 is 10.2 Å². The van der Waals surface area contributed by atoms with E-state index >= 15 is 0 Å². The average molecular weight is 405 g/mol. The summed E-state index contributed by atoms with van der Waals surface area (Å²) in [4.78, 5) is 19.3. The van der Waals surface area contributed by atoms with Gasteiger partial charge in [-0.15, -0.1) is 0 Å². The fraction of sp³-hybridized carbons (Fsp3) is 0.261. The summed E-state index contributed by atoms with van der Waals surface area (Å²) >= 11 is 1.39. The van der Waals surface area contributed by atoms with Crippen molar-refractivity contribution in [2.45, 2.75) is 27.2 Å². The Morgan fingerprint density at radius 3 is 2.83 bits per heavy atom. The number of allylic oxidation sites excluding steroid dienone is 1. The molecule has 1 N–H and O–H groups in total. The van der Waals surface area contributed by atoms with Crippen LogP contribution in [0.3, 0.4) is 0 Å². The van der Waals surface area contributed by atoms with Crippen LogP contribution in [-0.4, -0.2) is 28.4 Å². The van der Waals surface area contributed by atoms with E-state index in [9.17, 15) is 4.79 Å². The lowest BCUT2D eigenvalue weighted by atomic mass is 10.00. The van der Waals surface area contributed by atoms with Gasteiger partial charge in [-0.25, -0.2) is 4.98 Å². The zero-order valence-electron chi connectivity index (χ0n) is 17.0. The Kier molecular flexibility index (Phi) is 5.20. The van der Waals surface area contributed by atoms with Gasteiger partial charge in [-0.2, -0.15) is 4.37 Å². The highest BCUT2D eigenvalue weighted by Gasteiger charge is 2.26. The van der Waals surface area contributed by atoms with E-state index in [0.29, 0.717) is 6.54 Å². The number of amides is 1. The molecule has 148 valence electrons. The van der Waals surface area contributed by atoms with Crippen molar-refractivity contribution in [3.05, 3.63) is 65.5 Å². The number of nitrogens with zero attached hydrogens (tertiary/aromatic N) is 3. The standard InChI is InChI=1S/C23H24N4OS/c1-14(2)18-6-5-7-21-19(18)10-11-27(21)22(28)13-24-20-12-17(9-8-15(20)3)23-25-16(4)26-29-23/h5-9,12,24H,1,10-11,13H2,2-4H3. The highest BCUT2D eigenvalue weighted by atomic mass is 32.1. The third-order valence-corrected chi connectivity index (χ3v) is 6.09. The van der Waals surface area contributed by atoms with Crippen molar-refractivity contribution in [3.8, 4) is 10.6 Å². The quantitative estimate of drug-likeness (QED) is 0.660. The second kappa shape index (κ2) is 7.79. The van der Waals surface area contributed by atoms with Crippen LogP contribution in [0.2, 0.25) is 0 Å². The van der Waals surface area contributed by atoms with Gasteiger partial charge in [0.1, 0.15) is 10.8 Å². The van der Waals surface area contributed by atoms with Crippen LogP contribution in [0.15, 0.2) is 43.0 Å². The molecule has 1 aromatic heterocycles. The second-order valence-corrected chi connectivity index (χ2v) is 8.16. The molecular formula is C23H24N4OS. The Morgan fingerprint density at radius 2 is 2.10 bits per heavy atom. The van der Waals surface area contributed by atoms with E-state index in [4.69, 9.17) is 0 Å². The first-order chi connectivity index (χ1) is 13.9. The molecule has 2 heterocycles. The van der Waals surface area contributed by atoms with Crippen LogP contribution >= 0.6 is 11.5 Å². The van der Waals surface area contributed by atoms with Crippen molar-refractivity contribution in [3.63, 3.8) is 0 Å². The predicted molar refractivity (Wildman–Crippen MR) is 121 cm³/mol. The number of carbonyl (C=O) groups is 1. The second-order valence-electron chi connectivity index (χ2n) is 7.41. The van der Waals surface area contributed by atoms with E-state index in [1.807, 2.05) is 56.0 Å². The summed E-state index contributed by atoms with van der Waals surface area (Å²) < 4.78 is 4.26. The first-order valence-electron chi connectivity index (χ1n) is 9.67. The van der Waals surface area contributed by atoms with Gasteiger partial charge in [-0.05, 0) is 67.5 Å². The zero-order chi connectivity index (χ0) is 20.5. The van der Waals surface area contributed by atoms with Crippen LogP contribution in [0.4, 0.5) is 11.4 Å². The molecule has 6 heteroatoms. The van der Waals surface area contributed by atoms with E-state index < -0.39 is 0 Å². The van der Waals surface area contributed by atoms with Crippen LogP contribution < -0.4 is 10.2 Å². The molecule has 5 nitrogen and oxygen atoms in total. The molecule has 0 unspecified atom stereocenters. The van der Waals surface area contributed by atoms with Gasteiger partial charge >= 0.3 is 0 Å². The molecule has 2 aromatic carbocycles. The molecule has 1 aliphatic rings. The lowest BCUT2D eigenvalue weighted by molar-refractivity contribution is -0.116. The summed E-state index contributed by atoms with van der Waals surface area (Å²) in [5, 5.41) is 4.21. The molecule has 0 radical (unpaired) electrons. The summed E-state index contributed by atoms with van der Waals surface area (Å²) in [5.41, 5.74) is 7.46. The Hall–Kier alpha value is -2.99. The molecular weight excluding hydrogens is 380 g/mol. The van der Waals surface area contributed by atoms with Crippen molar-refractivity contribution < 1.29 is 4.79 Å². The van der Waals surface area contributed by atoms with E-state index in [1.54, 1.807) is 0 Å². The van der Waals surface area contributed by atoms with Crippen LogP contribution in [0.1, 0.15) is 29.4 Å². The number of benzene rings is 2. The maximum absolute atomic E-state index is 13.0. The maximum atomic E-state index is 13.0. The monoisotopic (exact) mass is 404 g/mol. The minimum absolute atomic E-state index is 0.0687. The average Bonchev–Trinajstić information content (AvgIpc) is 3.33. The summed E-state index contributed by atoms with van der Waals surface area (Å²) in [6, 6.07) is 12.2. The predicted octanol–water partition coefficient (Wildman–Crippen LogP) is 4.86. The molecule has 4 rings (SSSR count). The summed E-state index contributed by atoms with van der Waals surface area (Å²) in [5.74, 6) is 0.844. The Labute approximate surface area is 175 Å². The lowest BCUT2D eigenvalue weighted by Crippen LogP contribution is -2.34. The van der Waals surface area contributed by atoms with E-state index in [-0.39, 0.29) is 12.5 Å². The number of fused-ring (bicyclic) bond motifs is 1. The Balaban J connectivity index is 1.50. The number of rotatable bonds is 5. The number of nitrogens with one attached hydrogen (secondary N) is 1. The summed E-state index contributed by atoms with van der Waals surface area (Å²) in [6.07, 6.45) is 0.870. The van der Waals surface area contributed by atoms with E-state index in [0.717, 1.165) is 50.9 Å². The number of hydrogen-bond donors (Lipinski definition) is 1. The molecule has 1 amide bonds. The molecule has 29 heavy (non-hydrogen) atoms. The van der Waals surface area contributed by atoms with Crippen LogP contribution in [0, 0.1) is 13.8 Å². The molecule has 3 aromatic rings. The minimum Gasteiger partial charge on any atom is -0.376 e. The van der Waals surface area contributed by atoms with Gasteiger partial charge in [0.05, 0.1) is 6.54 Å². The third kappa shape index (κ3) is 3.80. The largest absolute Gasteiger partial charge is 0.376 e. The van der Waals surface area contributed by atoms with Gasteiger partial charge in [0.2, 0.25) is 5.91 Å². The molecule has 0 fully saturated rings. The fourth-order valence-corrected chi connectivity index (χ4v) is 4.38. The molecule has 0 bridgehead atoms. The SMILES string of the molecule is C=C(C)c1cccc2c1CCN2C(=O)CNc1cc(-c2nc(C)ns2)ccc1C. The molecule has 0 saturated heterocycles. The third-order valence-electron chi connectivity index (χ3n) is 5.23. The van der Waals surface area contributed by atoms with Crippen LogP contribution in [0.5, 0.6) is 0 Å². The van der Waals surface area contributed by atoms with Gasteiger partial charge in [-0.3, -0.25) is 4.79 Å². The van der Waals surface area contributed by atoms with Crippen molar-refractivity contribution in [1.82, 2.24) is 9.36 Å². The zero-order valence-corrected chi connectivity index (χ0v) is 17.8. The molecule has 0 spiro atoms. The van der Waals surface area contributed by atoms with Crippen LogP contribution in [-0.2, 0) is 11.2 Å². The number of carbonyl (C=O) groups excluding carboxylic acids is 1. The van der Waals surface area contributed by atoms with Crippen molar-refractivity contribution in [2.75, 3.05) is 23.3 Å². The fourth-order valence-electron chi connectivity index (χ4n) is 3.72. The number of aryl methyl sites for hydroxylation is 2. The first-order valence-corrected chi connectivity index (χ1v) is 10.4. The van der Waals surface area contributed by atoms with Gasteiger partial charge in [0.15, 0.2) is 0 Å². The lowest BCUT2D eigenvalue weighted by Gasteiger charge is -2.19. The van der Waals surface area contributed by atoms with Crippen molar-refractivity contribution in [1.29, 1.82) is 0 Å². The normalized spacial score (nSPS) is 12.7. The van der Waals surface area contributed by atoms with Gasteiger partial charge in [-0.1, -0.05) is 36.4 Å². The molecule has 0 saturated carbocycles. The number of aromatic nitrogens is 2. The molecule has 1 aliphatic heterocycles. The van der Waals surface area contributed by atoms with Crippen molar-refractivity contribution >= 4 is 34.4 Å². The topological polar surface area (TPSA) is 58.1 Å². The van der Waals surface area contributed by atoms with Crippen LogP contribution in [0.25, 0.3) is 16.1 Å². The number of anilines is 2. The van der Waals surface area contributed by atoms with E-state index in [2.05, 4.69) is 27.3 Å². The highest BCUT2D eigenvalue weighted by molar-refractivity contribution is 7.09. The summed E-state index contributed by atoms with van der Waals surface area (Å²) in [7, 11) is 0. The number of hydrogen-bond acceptors (Lipinski definition) is 5. The Bertz CT molecular complexity index is 1100. The van der Waals surface area contributed by atoms with E-state index in [1.165, 1.54) is 17.1 Å². The molecule has 0 aliphatic carbocycles. The minimum atomic E-state index is 0.0687.